The van der Waals surface area contributed by atoms with Gasteiger partial charge in [0, 0.05) is 11.6 Å². The summed E-state index contributed by atoms with van der Waals surface area (Å²) < 4.78 is 23.5. The summed E-state index contributed by atoms with van der Waals surface area (Å²) in [4.78, 5) is 0. The molecule has 0 aromatic heterocycles. The second-order valence-electron chi connectivity index (χ2n) is 4.99. The highest BCUT2D eigenvalue weighted by Crippen LogP contribution is 2.34. The van der Waals surface area contributed by atoms with Crippen LogP contribution in [0.2, 0.25) is 0 Å². The van der Waals surface area contributed by atoms with Crippen molar-refractivity contribution in [2.75, 3.05) is 17.4 Å². The first-order valence-corrected chi connectivity index (χ1v) is 9.07. The number of hydrogen-bond donors (Lipinski definition) is 0. The fourth-order valence-electron chi connectivity index (χ4n) is 2.04. The van der Waals surface area contributed by atoms with Gasteiger partial charge in [-0.2, -0.15) is 0 Å². The van der Waals surface area contributed by atoms with Crippen LogP contribution < -0.4 is 0 Å². The Morgan fingerprint density at radius 1 is 1.00 bits per heavy atom. The number of hydrogen-bond acceptors (Lipinski definition) is 2. The molecule has 0 radical (unpaired) electrons. The van der Waals surface area contributed by atoms with Crippen molar-refractivity contribution in [3.63, 3.8) is 0 Å². The standard InChI is InChI=1S/C13H27ClO2S/c1-4-7-8-13(6-3,12-14)9-11-17(15,16)10-5-2/h4-12H2,1-3H3. The van der Waals surface area contributed by atoms with Crippen molar-refractivity contribution in [1.82, 2.24) is 0 Å². The van der Waals surface area contributed by atoms with Crippen molar-refractivity contribution in [3.8, 4) is 0 Å². The van der Waals surface area contributed by atoms with Gasteiger partial charge >= 0.3 is 0 Å². The molecule has 0 aliphatic rings. The number of sulfone groups is 1. The molecule has 4 heteroatoms. The number of halogens is 1. The van der Waals surface area contributed by atoms with Gasteiger partial charge in [-0.1, -0.05) is 33.6 Å². The zero-order chi connectivity index (χ0) is 13.4. The maximum atomic E-state index is 11.7. The molecular formula is C13H27ClO2S. The minimum Gasteiger partial charge on any atom is -0.229 e. The number of rotatable bonds is 10. The zero-order valence-electron chi connectivity index (χ0n) is 11.5. The van der Waals surface area contributed by atoms with Crippen molar-refractivity contribution < 1.29 is 8.42 Å². The van der Waals surface area contributed by atoms with Gasteiger partial charge in [0.2, 0.25) is 0 Å². The van der Waals surface area contributed by atoms with Crippen molar-refractivity contribution in [3.05, 3.63) is 0 Å². The van der Waals surface area contributed by atoms with Gasteiger partial charge in [0.1, 0.15) is 9.84 Å². The normalized spacial score (nSPS) is 15.8. The average Bonchev–Trinajstić information content (AvgIpc) is 2.30. The Labute approximate surface area is 112 Å². The summed E-state index contributed by atoms with van der Waals surface area (Å²) in [5.41, 5.74) is 0.0262. The maximum absolute atomic E-state index is 11.7. The molecule has 0 rings (SSSR count). The van der Waals surface area contributed by atoms with Crippen LogP contribution in [0, 0.1) is 5.41 Å². The minimum atomic E-state index is -2.87. The second-order valence-corrected chi connectivity index (χ2v) is 7.56. The van der Waals surface area contributed by atoms with Gasteiger partial charge < -0.3 is 0 Å². The van der Waals surface area contributed by atoms with E-state index in [9.17, 15) is 8.42 Å². The van der Waals surface area contributed by atoms with E-state index in [0.717, 1.165) is 32.1 Å². The van der Waals surface area contributed by atoms with Gasteiger partial charge in [0.15, 0.2) is 0 Å². The highest BCUT2D eigenvalue weighted by Gasteiger charge is 2.28. The number of alkyl halides is 1. The van der Waals surface area contributed by atoms with Gasteiger partial charge in [-0.3, -0.25) is 0 Å². The molecule has 0 aromatic rings. The largest absolute Gasteiger partial charge is 0.229 e. The first kappa shape index (κ1) is 17.2. The third-order valence-corrected chi connectivity index (χ3v) is 5.98. The van der Waals surface area contributed by atoms with Gasteiger partial charge in [0.25, 0.3) is 0 Å². The van der Waals surface area contributed by atoms with Gasteiger partial charge in [-0.25, -0.2) is 8.42 Å². The van der Waals surface area contributed by atoms with Crippen molar-refractivity contribution in [2.45, 2.75) is 59.3 Å². The van der Waals surface area contributed by atoms with E-state index < -0.39 is 9.84 Å². The lowest BCUT2D eigenvalue weighted by Crippen LogP contribution is -2.26. The lowest BCUT2D eigenvalue weighted by Gasteiger charge is -2.30. The first-order valence-electron chi connectivity index (χ1n) is 6.71. The van der Waals surface area contributed by atoms with Crippen molar-refractivity contribution in [1.29, 1.82) is 0 Å². The van der Waals surface area contributed by atoms with E-state index in [2.05, 4.69) is 13.8 Å². The van der Waals surface area contributed by atoms with Crippen LogP contribution in [0.1, 0.15) is 59.3 Å². The molecule has 0 spiro atoms. The van der Waals surface area contributed by atoms with Crippen LogP contribution in [0.25, 0.3) is 0 Å². The van der Waals surface area contributed by atoms with E-state index in [1.807, 2.05) is 6.92 Å². The summed E-state index contributed by atoms with van der Waals surface area (Å²) in [6.45, 7) is 6.18. The van der Waals surface area contributed by atoms with Gasteiger partial charge in [0.05, 0.1) is 5.75 Å². The molecule has 0 aromatic carbocycles. The highest BCUT2D eigenvalue weighted by molar-refractivity contribution is 7.91. The summed E-state index contributed by atoms with van der Waals surface area (Å²) in [5.74, 6) is 1.18. The summed E-state index contributed by atoms with van der Waals surface area (Å²) >= 11 is 6.07. The van der Waals surface area contributed by atoms with Crippen molar-refractivity contribution in [2.24, 2.45) is 5.41 Å². The molecule has 0 aliphatic carbocycles. The van der Waals surface area contributed by atoms with Crippen LogP contribution in [-0.2, 0) is 9.84 Å². The molecule has 0 heterocycles. The predicted molar refractivity (Wildman–Crippen MR) is 76.5 cm³/mol. The van der Waals surface area contributed by atoms with Crippen LogP contribution in [0.3, 0.4) is 0 Å². The van der Waals surface area contributed by atoms with E-state index >= 15 is 0 Å². The fourth-order valence-corrected chi connectivity index (χ4v) is 4.07. The molecule has 2 nitrogen and oxygen atoms in total. The Kier molecular flexibility index (Phi) is 8.48. The Hall–Kier alpha value is 0.240. The molecule has 0 amide bonds. The first-order chi connectivity index (χ1) is 7.95. The monoisotopic (exact) mass is 282 g/mol. The summed E-state index contributed by atoms with van der Waals surface area (Å²) in [6, 6.07) is 0. The van der Waals surface area contributed by atoms with E-state index in [1.54, 1.807) is 0 Å². The molecule has 0 bridgehead atoms. The molecule has 104 valence electrons. The average molecular weight is 283 g/mol. The molecule has 0 aliphatic heterocycles. The van der Waals surface area contributed by atoms with Crippen LogP contribution in [0.15, 0.2) is 0 Å². The Morgan fingerprint density at radius 3 is 2.06 bits per heavy atom. The SMILES string of the molecule is CCCCC(CC)(CCl)CCS(=O)(=O)CCC. The molecular weight excluding hydrogens is 256 g/mol. The van der Waals surface area contributed by atoms with E-state index in [0.29, 0.717) is 23.8 Å². The fraction of sp³-hybridized carbons (Fsp3) is 1.00. The van der Waals surface area contributed by atoms with E-state index in [-0.39, 0.29) is 5.41 Å². The Balaban J connectivity index is 4.44. The second kappa shape index (κ2) is 8.36. The van der Waals surface area contributed by atoms with Crippen LogP contribution in [0.5, 0.6) is 0 Å². The van der Waals surface area contributed by atoms with Crippen LogP contribution >= 0.6 is 11.6 Å². The summed E-state index contributed by atoms with van der Waals surface area (Å²) in [5, 5.41) is 0. The van der Waals surface area contributed by atoms with E-state index in [4.69, 9.17) is 11.6 Å². The Bertz CT molecular complexity index is 282. The van der Waals surface area contributed by atoms with Crippen LogP contribution in [0.4, 0.5) is 0 Å². The summed E-state index contributed by atoms with van der Waals surface area (Å²) in [6.07, 6.45) is 5.71. The highest BCUT2D eigenvalue weighted by atomic mass is 35.5. The van der Waals surface area contributed by atoms with Crippen LogP contribution in [-0.4, -0.2) is 25.8 Å². The smallest absolute Gasteiger partial charge is 0.150 e. The molecule has 1 unspecified atom stereocenters. The third kappa shape index (κ3) is 6.66. The molecule has 0 saturated heterocycles. The lowest BCUT2D eigenvalue weighted by molar-refractivity contribution is 0.271. The molecule has 0 fully saturated rings. The predicted octanol–water partition coefficient (Wildman–Crippen LogP) is 4.03. The third-order valence-electron chi connectivity index (χ3n) is 3.55. The number of unbranched alkanes of at least 4 members (excludes halogenated alkanes) is 1. The topological polar surface area (TPSA) is 34.1 Å². The zero-order valence-corrected chi connectivity index (χ0v) is 13.0. The Morgan fingerprint density at radius 2 is 1.65 bits per heavy atom. The van der Waals surface area contributed by atoms with Gasteiger partial charge in [-0.15, -0.1) is 11.6 Å². The lowest BCUT2D eigenvalue weighted by atomic mass is 9.80. The minimum absolute atomic E-state index is 0.0262. The van der Waals surface area contributed by atoms with E-state index in [1.165, 1.54) is 0 Å². The molecule has 0 saturated carbocycles. The summed E-state index contributed by atoms with van der Waals surface area (Å²) in [7, 11) is -2.87. The molecule has 17 heavy (non-hydrogen) atoms. The maximum Gasteiger partial charge on any atom is 0.150 e. The van der Waals surface area contributed by atoms with Crippen molar-refractivity contribution >= 4 is 21.4 Å². The molecule has 1 atom stereocenters. The quantitative estimate of drug-likeness (QED) is 0.567. The molecule has 0 N–H and O–H groups in total. The van der Waals surface area contributed by atoms with Gasteiger partial charge in [-0.05, 0) is 31.1 Å².